The summed E-state index contributed by atoms with van der Waals surface area (Å²) < 4.78 is 34.0. The summed E-state index contributed by atoms with van der Waals surface area (Å²) in [6.07, 6.45) is -4.37. The minimum Gasteiger partial charge on any atom is -0.481 e. The molecule has 14 heteroatoms. The van der Waals surface area contributed by atoms with Crippen LogP contribution < -0.4 is 0 Å². The molecule has 24 heavy (non-hydrogen) atoms. The zero-order chi connectivity index (χ0) is 19.3. The van der Waals surface area contributed by atoms with Gasteiger partial charge in [-0.1, -0.05) is 0 Å². The van der Waals surface area contributed by atoms with Crippen LogP contribution in [0.4, 0.5) is 0 Å². The Hall–Kier alpha value is -2.58. The summed E-state index contributed by atoms with van der Waals surface area (Å²) in [6, 6.07) is 0. The Kier molecular flexibility index (Phi) is 6.96. The maximum absolute atomic E-state index is 11.3. The van der Waals surface area contributed by atoms with Crippen LogP contribution in [0.15, 0.2) is 0 Å². The van der Waals surface area contributed by atoms with Gasteiger partial charge in [-0.3, -0.25) is 23.7 Å². The molecule has 0 aromatic heterocycles. The number of carboxylic acids is 3. The molecule has 0 fully saturated rings. The van der Waals surface area contributed by atoms with Crippen LogP contribution in [0.5, 0.6) is 0 Å². The maximum atomic E-state index is 11.3. The van der Waals surface area contributed by atoms with Crippen molar-refractivity contribution < 1.29 is 62.1 Å². The third-order valence-electron chi connectivity index (χ3n) is 2.49. The summed E-state index contributed by atoms with van der Waals surface area (Å²) in [5.74, 6) is -9.50. The molecule has 0 aliphatic heterocycles. The van der Waals surface area contributed by atoms with Crippen molar-refractivity contribution in [3.63, 3.8) is 0 Å². The van der Waals surface area contributed by atoms with E-state index in [1.54, 1.807) is 0 Å². The number of aliphatic hydroxyl groups is 1. The van der Waals surface area contributed by atoms with Crippen LogP contribution in [0, 0.1) is 0 Å². The van der Waals surface area contributed by atoms with Crippen LogP contribution in [-0.2, 0) is 38.8 Å². The Bertz CT molecular complexity index is 662. The van der Waals surface area contributed by atoms with Gasteiger partial charge in [0.25, 0.3) is 10.1 Å². The zero-order valence-corrected chi connectivity index (χ0v) is 12.4. The molecule has 0 aromatic carbocycles. The molecule has 0 saturated carbocycles. The molecule has 2 unspecified atom stereocenters. The Morgan fingerprint density at radius 2 is 1.46 bits per heavy atom. The fraction of sp³-hybridized carbons (Fsp3) is 0.500. The molecule has 0 aliphatic rings. The fourth-order valence-corrected chi connectivity index (χ4v) is 1.98. The highest BCUT2D eigenvalue weighted by atomic mass is 32.2. The van der Waals surface area contributed by atoms with Crippen molar-refractivity contribution in [2.45, 2.75) is 30.1 Å². The molecule has 0 aromatic rings. The van der Waals surface area contributed by atoms with E-state index >= 15 is 0 Å². The Morgan fingerprint density at radius 1 is 0.958 bits per heavy atom. The minimum absolute atomic E-state index is 1.41. The molecule has 5 N–H and O–H groups in total. The van der Waals surface area contributed by atoms with Gasteiger partial charge in [0.05, 0.1) is 19.3 Å². The van der Waals surface area contributed by atoms with Crippen LogP contribution in [0.3, 0.4) is 0 Å². The van der Waals surface area contributed by atoms with Crippen molar-refractivity contribution in [3.8, 4) is 0 Å². The van der Waals surface area contributed by atoms with Gasteiger partial charge in [0.1, 0.15) is 0 Å². The van der Waals surface area contributed by atoms with Crippen LogP contribution in [0.1, 0.15) is 19.3 Å². The number of ether oxygens (including phenoxy) is 1. The third-order valence-corrected chi connectivity index (χ3v) is 3.58. The second-order valence-electron chi connectivity index (χ2n) is 4.48. The lowest BCUT2D eigenvalue weighted by Crippen LogP contribution is -2.43. The standard InChI is InChI=1S/C10H12O13S/c11-5(12)2-10(19,9(17)18)3-7(14)23-6(13)1-4(8(15)16)24(20,21)22/h4,19H,1-3H2,(H,11,12)(H,15,16)(H,17,18)(H,20,21,22). The lowest BCUT2D eigenvalue weighted by molar-refractivity contribution is -0.174. The van der Waals surface area contributed by atoms with E-state index in [4.69, 9.17) is 19.9 Å². The van der Waals surface area contributed by atoms with Crippen LogP contribution in [0.25, 0.3) is 0 Å². The van der Waals surface area contributed by atoms with Crippen molar-refractivity contribution in [2.75, 3.05) is 0 Å². The van der Waals surface area contributed by atoms with Crippen molar-refractivity contribution in [2.24, 2.45) is 0 Å². The van der Waals surface area contributed by atoms with E-state index in [1.165, 1.54) is 0 Å². The lowest BCUT2D eigenvalue weighted by Gasteiger charge is -2.19. The normalized spacial score (nSPS) is 14.9. The summed E-state index contributed by atoms with van der Waals surface area (Å²) in [4.78, 5) is 54.4. The predicted molar refractivity (Wildman–Crippen MR) is 68.1 cm³/mol. The summed E-state index contributed by atoms with van der Waals surface area (Å²) >= 11 is 0. The highest BCUT2D eigenvalue weighted by Crippen LogP contribution is 2.17. The van der Waals surface area contributed by atoms with Crippen molar-refractivity contribution in [1.29, 1.82) is 0 Å². The van der Waals surface area contributed by atoms with E-state index in [0.717, 1.165) is 0 Å². The molecule has 0 radical (unpaired) electrons. The Morgan fingerprint density at radius 3 is 1.79 bits per heavy atom. The number of aliphatic carboxylic acids is 3. The first-order valence-corrected chi connectivity index (χ1v) is 7.29. The summed E-state index contributed by atoms with van der Waals surface area (Å²) in [5, 5.41) is 32.6. The second kappa shape index (κ2) is 7.80. The lowest BCUT2D eigenvalue weighted by atomic mass is 9.96. The monoisotopic (exact) mass is 372 g/mol. The topological polar surface area (TPSA) is 230 Å². The van der Waals surface area contributed by atoms with E-state index < -0.39 is 70.1 Å². The van der Waals surface area contributed by atoms with Gasteiger partial charge in [0.2, 0.25) is 0 Å². The number of rotatable bonds is 9. The molecule has 136 valence electrons. The highest BCUT2D eigenvalue weighted by Gasteiger charge is 2.42. The van der Waals surface area contributed by atoms with Gasteiger partial charge in [-0.25, -0.2) is 4.79 Å². The SMILES string of the molecule is O=C(O)CC(O)(CC(=O)OC(=O)CC(C(=O)O)S(=O)(=O)O)C(=O)O. The molecule has 0 amide bonds. The van der Waals surface area contributed by atoms with Gasteiger partial charge in [-0.15, -0.1) is 0 Å². The summed E-state index contributed by atoms with van der Waals surface area (Å²) in [7, 11) is -5.19. The molecular formula is C10H12O13S. The van der Waals surface area contributed by atoms with Gasteiger partial charge in [0.15, 0.2) is 10.9 Å². The number of carbonyl (C=O) groups is 5. The molecule has 0 heterocycles. The van der Waals surface area contributed by atoms with E-state index in [0.29, 0.717) is 0 Å². The van der Waals surface area contributed by atoms with Crippen molar-refractivity contribution in [3.05, 3.63) is 0 Å². The quantitative estimate of drug-likeness (QED) is 0.160. The Balaban J connectivity index is 4.99. The fourth-order valence-electron chi connectivity index (χ4n) is 1.38. The first-order valence-electron chi connectivity index (χ1n) is 5.79. The predicted octanol–water partition coefficient (Wildman–Crippen LogP) is -2.53. The third kappa shape index (κ3) is 6.67. The number of carbonyl (C=O) groups excluding carboxylic acids is 2. The smallest absolute Gasteiger partial charge is 0.336 e. The van der Waals surface area contributed by atoms with Crippen LogP contribution in [-0.4, -0.2) is 74.1 Å². The molecule has 0 saturated heterocycles. The van der Waals surface area contributed by atoms with Crippen LogP contribution in [0.2, 0.25) is 0 Å². The van der Waals surface area contributed by atoms with Gasteiger partial charge in [0, 0.05) is 0 Å². The van der Waals surface area contributed by atoms with Gasteiger partial charge in [-0.05, 0) is 0 Å². The summed E-state index contributed by atoms with van der Waals surface area (Å²) in [5.41, 5.74) is -3.10. The number of hydrogen-bond acceptors (Lipinski definition) is 9. The van der Waals surface area contributed by atoms with E-state index in [1.807, 2.05) is 0 Å². The molecule has 13 nitrogen and oxygen atoms in total. The van der Waals surface area contributed by atoms with E-state index in [2.05, 4.69) is 4.74 Å². The van der Waals surface area contributed by atoms with E-state index in [9.17, 15) is 37.5 Å². The average molecular weight is 372 g/mol. The first kappa shape index (κ1) is 21.4. The molecule has 0 bridgehead atoms. The first-order chi connectivity index (χ1) is 10.7. The number of carboxylic acid groups (broad SMARTS) is 3. The number of esters is 2. The van der Waals surface area contributed by atoms with Crippen molar-refractivity contribution in [1.82, 2.24) is 0 Å². The van der Waals surface area contributed by atoms with E-state index in [-0.39, 0.29) is 0 Å². The second-order valence-corrected chi connectivity index (χ2v) is 6.08. The average Bonchev–Trinajstić information content (AvgIpc) is 2.32. The molecule has 0 spiro atoms. The van der Waals surface area contributed by atoms with Gasteiger partial charge >= 0.3 is 29.8 Å². The summed E-state index contributed by atoms with van der Waals surface area (Å²) in [6.45, 7) is 0. The molecule has 0 rings (SSSR count). The van der Waals surface area contributed by atoms with Gasteiger partial charge in [-0.2, -0.15) is 8.42 Å². The molecule has 0 aliphatic carbocycles. The Labute approximate surface area is 133 Å². The van der Waals surface area contributed by atoms with Gasteiger partial charge < -0.3 is 25.2 Å². The largest absolute Gasteiger partial charge is 0.481 e. The van der Waals surface area contributed by atoms with Crippen LogP contribution >= 0.6 is 0 Å². The van der Waals surface area contributed by atoms with Crippen molar-refractivity contribution >= 4 is 40.0 Å². The zero-order valence-electron chi connectivity index (χ0n) is 11.6. The minimum atomic E-state index is -5.19. The molecular weight excluding hydrogens is 360 g/mol. The highest BCUT2D eigenvalue weighted by molar-refractivity contribution is 7.87. The maximum Gasteiger partial charge on any atom is 0.336 e. The number of hydrogen-bond donors (Lipinski definition) is 5. The molecule has 2 atom stereocenters.